The van der Waals surface area contributed by atoms with Crippen molar-refractivity contribution < 1.29 is 17.6 Å². The molecule has 0 aliphatic rings. The van der Waals surface area contributed by atoms with Crippen molar-refractivity contribution in [1.29, 1.82) is 0 Å². The SMILES string of the molecule is COc1ccc(S(=O)(=O)n2nc(-c3ccco3)nc2NCc2cccc(Br)c2)cc1. The number of hydrogen-bond acceptors (Lipinski definition) is 7. The predicted molar refractivity (Wildman–Crippen MR) is 115 cm³/mol. The molecule has 154 valence electrons. The highest BCUT2D eigenvalue weighted by atomic mass is 79.9. The van der Waals surface area contributed by atoms with E-state index in [1.165, 1.54) is 25.5 Å². The van der Waals surface area contributed by atoms with E-state index in [0.29, 0.717) is 18.1 Å². The van der Waals surface area contributed by atoms with Crippen molar-refractivity contribution >= 4 is 31.9 Å². The molecule has 0 spiro atoms. The van der Waals surface area contributed by atoms with Gasteiger partial charge in [0.05, 0.1) is 18.3 Å². The molecule has 0 fully saturated rings. The van der Waals surface area contributed by atoms with Gasteiger partial charge in [-0.25, -0.2) is 0 Å². The topological polar surface area (TPSA) is 99.3 Å². The first kappa shape index (κ1) is 20.2. The molecule has 0 unspecified atom stereocenters. The van der Waals surface area contributed by atoms with Crippen LogP contribution in [0.2, 0.25) is 0 Å². The van der Waals surface area contributed by atoms with Crippen molar-refractivity contribution in [3.63, 3.8) is 0 Å². The fourth-order valence-electron chi connectivity index (χ4n) is 2.76. The summed E-state index contributed by atoms with van der Waals surface area (Å²) in [6, 6.07) is 17.1. The third kappa shape index (κ3) is 4.10. The molecular weight excluding hydrogens is 472 g/mol. The van der Waals surface area contributed by atoms with Gasteiger partial charge in [-0.05, 0) is 54.1 Å². The number of benzene rings is 2. The zero-order chi connectivity index (χ0) is 21.1. The second-order valence-electron chi connectivity index (χ2n) is 6.24. The van der Waals surface area contributed by atoms with E-state index in [9.17, 15) is 8.42 Å². The van der Waals surface area contributed by atoms with Gasteiger partial charge in [0, 0.05) is 11.0 Å². The molecule has 0 saturated heterocycles. The standard InChI is InChI=1S/C20H17BrN4O4S/c1-28-16-7-9-17(10-8-16)30(26,27)25-20(22-13-14-4-2-5-15(21)12-14)23-19(24-25)18-6-3-11-29-18/h2-12H,13H2,1H3,(H,22,23,24). The summed E-state index contributed by atoms with van der Waals surface area (Å²) in [6.07, 6.45) is 1.47. The largest absolute Gasteiger partial charge is 0.497 e. The lowest BCUT2D eigenvalue weighted by atomic mass is 10.2. The first-order valence-electron chi connectivity index (χ1n) is 8.86. The molecule has 0 saturated carbocycles. The Morgan fingerprint density at radius 1 is 1.13 bits per heavy atom. The molecule has 0 aliphatic carbocycles. The van der Waals surface area contributed by atoms with E-state index < -0.39 is 10.0 Å². The number of rotatable bonds is 7. The van der Waals surface area contributed by atoms with E-state index in [2.05, 4.69) is 31.3 Å². The predicted octanol–water partition coefficient (Wildman–Crippen LogP) is 4.16. The Morgan fingerprint density at radius 3 is 2.60 bits per heavy atom. The molecule has 4 aromatic rings. The zero-order valence-corrected chi connectivity index (χ0v) is 18.2. The Labute approximate surface area is 181 Å². The van der Waals surface area contributed by atoms with Crippen molar-refractivity contribution in [2.75, 3.05) is 12.4 Å². The average molecular weight is 489 g/mol. The van der Waals surface area contributed by atoms with E-state index in [1.54, 1.807) is 24.3 Å². The minimum atomic E-state index is -4.00. The van der Waals surface area contributed by atoms with Crippen LogP contribution in [-0.4, -0.2) is 29.7 Å². The lowest BCUT2D eigenvalue weighted by molar-refractivity contribution is 0.414. The Hall–Kier alpha value is -3.11. The van der Waals surface area contributed by atoms with Crippen LogP contribution in [0.4, 0.5) is 5.95 Å². The summed E-state index contributed by atoms with van der Waals surface area (Å²) in [7, 11) is -2.49. The summed E-state index contributed by atoms with van der Waals surface area (Å²) in [5.74, 6) is 1.16. The molecule has 0 amide bonds. The number of nitrogens with zero attached hydrogens (tertiary/aromatic N) is 3. The molecular formula is C20H17BrN4O4S. The molecule has 0 radical (unpaired) electrons. The van der Waals surface area contributed by atoms with Gasteiger partial charge in [-0.3, -0.25) is 0 Å². The quantitative estimate of drug-likeness (QED) is 0.416. The number of ether oxygens (including phenoxy) is 1. The molecule has 8 nitrogen and oxygen atoms in total. The van der Waals surface area contributed by atoms with E-state index in [4.69, 9.17) is 9.15 Å². The fraction of sp³-hybridized carbons (Fsp3) is 0.100. The van der Waals surface area contributed by atoms with Gasteiger partial charge >= 0.3 is 0 Å². The Morgan fingerprint density at radius 2 is 1.93 bits per heavy atom. The second-order valence-corrected chi connectivity index (χ2v) is 8.93. The number of aromatic nitrogens is 3. The van der Waals surface area contributed by atoms with Crippen LogP contribution in [-0.2, 0) is 16.6 Å². The van der Waals surface area contributed by atoms with Gasteiger partial charge in [-0.15, -0.1) is 9.19 Å². The molecule has 2 aromatic heterocycles. The van der Waals surface area contributed by atoms with Crippen LogP contribution in [0.25, 0.3) is 11.6 Å². The van der Waals surface area contributed by atoms with Crippen LogP contribution < -0.4 is 10.1 Å². The summed E-state index contributed by atoms with van der Waals surface area (Å²) in [6.45, 7) is 0.355. The first-order chi connectivity index (χ1) is 14.5. The number of anilines is 1. The van der Waals surface area contributed by atoms with Gasteiger partial charge in [0.1, 0.15) is 5.75 Å². The van der Waals surface area contributed by atoms with Crippen LogP contribution in [0.15, 0.2) is 80.7 Å². The van der Waals surface area contributed by atoms with Crippen LogP contribution in [0, 0.1) is 0 Å². The van der Waals surface area contributed by atoms with E-state index in [1.807, 2.05) is 24.3 Å². The number of halogens is 1. The molecule has 0 bridgehead atoms. The van der Waals surface area contributed by atoms with E-state index in [-0.39, 0.29) is 16.7 Å². The molecule has 10 heteroatoms. The van der Waals surface area contributed by atoms with Crippen LogP contribution in [0.5, 0.6) is 5.75 Å². The highest BCUT2D eigenvalue weighted by molar-refractivity contribution is 9.10. The summed E-state index contributed by atoms with van der Waals surface area (Å²) in [5, 5.41) is 7.25. The Bertz CT molecular complexity index is 1250. The third-order valence-corrected chi connectivity index (χ3v) is 6.32. The minimum Gasteiger partial charge on any atom is -0.497 e. The van der Waals surface area contributed by atoms with Crippen molar-refractivity contribution in [3.05, 3.63) is 77.0 Å². The van der Waals surface area contributed by atoms with Gasteiger partial charge in [-0.2, -0.15) is 13.4 Å². The molecule has 1 N–H and O–H groups in total. The number of methoxy groups -OCH3 is 1. The normalized spacial score (nSPS) is 11.4. The third-order valence-electron chi connectivity index (χ3n) is 4.24. The zero-order valence-electron chi connectivity index (χ0n) is 15.8. The van der Waals surface area contributed by atoms with Crippen LogP contribution in [0.3, 0.4) is 0 Å². The van der Waals surface area contributed by atoms with E-state index in [0.717, 1.165) is 14.1 Å². The second kappa shape index (κ2) is 8.33. The van der Waals surface area contributed by atoms with Gasteiger partial charge in [0.25, 0.3) is 10.0 Å². The first-order valence-corrected chi connectivity index (χ1v) is 11.1. The Balaban J connectivity index is 1.72. The van der Waals surface area contributed by atoms with Crippen molar-refractivity contribution in [3.8, 4) is 17.3 Å². The van der Waals surface area contributed by atoms with Gasteiger partial charge < -0.3 is 14.5 Å². The van der Waals surface area contributed by atoms with Gasteiger partial charge in [-0.1, -0.05) is 28.1 Å². The maximum atomic E-state index is 13.2. The minimum absolute atomic E-state index is 0.0599. The highest BCUT2D eigenvalue weighted by Gasteiger charge is 2.25. The van der Waals surface area contributed by atoms with Crippen LogP contribution >= 0.6 is 15.9 Å². The summed E-state index contributed by atoms with van der Waals surface area (Å²) >= 11 is 3.43. The maximum Gasteiger partial charge on any atom is 0.286 e. The summed E-state index contributed by atoms with van der Waals surface area (Å²) < 4.78 is 38.7. The van der Waals surface area contributed by atoms with Gasteiger partial charge in [0.2, 0.25) is 11.8 Å². The average Bonchev–Trinajstić information content (AvgIpc) is 3.42. The van der Waals surface area contributed by atoms with Crippen molar-refractivity contribution in [1.82, 2.24) is 14.2 Å². The molecule has 2 heterocycles. The number of furan rings is 1. The molecule has 4 rings (SSSR count). The van der Waals surface area contributed by atoms with Crippen molar-refractivity contribution in [2.45, 2.75) is 11.4 Å². The molecule has 2 aromatic carbocycles. The lowest BCUT2D eigenvalue weighted by Crippen LogP contribution is -2.18. The Kier molecular flexibility index (Phi) is 5.60. The summed E-state index contributed by atoms with van der Waals surface area (Å²) in [5.41, 5.74) is 0.945. The smallest absolute Gasteiger partial charge is 0.286 e. The molecule has 0 aliphatic heterocycles. The lowest BCUT2D eigenvalue weighted by Gasteiger charge is -2.10. The number of hydrogen-bond donors (Lipinski definition) is 1. The fourth-order valence-corrected chi connectivity index (χ4v) is 4.40. The molecule has 30 heavy (non-hydrogen) atoms. The van der Waals surface area contributed by atoms with E-state index >= 15 is 0 Å². The van der Waals surface area contributed by atoms with Crippen LogP contribution in [0.1, 0.15) is 5.56 Å². The monoisotopic (exact) mass is 488 g/mol. The highest BCUT2D eigenvalue weighted by Crippen LogP contribution is 2.24. The van der Waals surface area contributed by atoms with Crippen molar-refractivity contribution in [2.24, 2.45) is 0 Å². The van der Waals surface area contributed by atoms with Gasteiger partial charge in [0.15, 0.2) is 5.76 Å². The maximum absolute atomic E-state index is 13.2. The molecule has 0 atom stereocenters. The number of nitrogens with one attached hydrogen (secondary N) is 1. The summed E-state index contributed by atoms with van der Waals surface area (Å²) in [4.78, 5) is 4.41.